The van der Waals surface area contributed by atoms with Crippen molar-refractivity contribution in [1.29, 1.82) is 0 Å². The van der Waals surface area contributed by atoms with E-state index in [0.29, 0.717) is 6.61 Å². The van der Waals surface area contributed by atoms with Gasteiger partial charge < -0.3 is 4.74 Å². The molecule has 0 atom stereocenters. The second-order valence-electron chi connectivity index (χ2n) is 7.18. The summed E-state index contributed by atoms with van der Waals surface area (Å²) < 4.78 is 5.95. The van der Waals surface area contributed by atoms with Crippen LogP contribution in [0.5, 0.6) is 5.75 Å². The molecule has 1 heteroatoms. The Morgan fingerprint density at radius 2 is 1.07 bits per heavy atom. The van der Waals surface area contributed by atoms with Crippen molar-refractivity contribution >= 4 is 0 Å². The van der Waals surface area contributed by atoms with E-state index in [0.717, 1.165) is 12.2 Å². The average molecular weight is 359 g/mol. The van der Waals surface area contributed by atoms with E-state index in [-0.39, 0.29) is 0 Å². The van der Waals surface area contributed by atoms with Crippen LogP contribution in [0.2, 0.25) is 0 Å². The maximum absolute atomic E-state index is 5.95. The van der Waals surface area contributed by atoms with Crippen molar-refractivity contribution in [2.24, 2.45) is 0 Å². The Labute approximate surface area is 164 Å². The lowest BCUT2D eigenvalue weighted by molar-refractivity contribution is 0.306. The Morgan fingerprint density at radius 3 is 1.67 bits per heavy atom. The Morgan fingerprint density at radius 1 is 0.556 bits per heavy atom. The van der Waals surface area contributed by atoms with Gasteiger partial charge in [-0.15, -0.1) is 0 Å². The lowest BCUT2D eigenvalue weighted by Gasteiger charge is -2.09. The normalized spacial score (nSPS) is 10.7. The zero-order chi connectivity index (χ0) is 18.9. The fraction of sp³-hybridized carbons (Fsp3) is 0.308. The summed E-state index contributed by atoms with van der Waals surface area (Å²) >= 11 is 0. The molecule has 3 aromatic carbocycles. The van der Waals surface area contributed by atoms with Crippen LogP contribution in [-0.2, 0) is 19.4 Å². The van der Waals surface area contributed by atoms with Crippen molar-refractivity contribution in [3.05, 3.63) is 89.5 Å². The van der Waals surface area contributed by atoms with Gasteiger partial charge in [0.2, 0.25) is 0 Å². The molecule has 0 aliphatic rings. The molecule has 3 aromatic rings. The van der Waals surface area contributed by atoms with E-state index in [4.69, 9.17) is 4.74 Å². The summed E-state index contributed by atoms with van der Waals surface area (Å²) in [5, 5.41) is 0. The molecule has 0 N–H and O–H groups in total. The zero-order valence-corrected chi connectivity index (χ0v) is 16.6. The minimum absolute atomic E-state index is 0.610. The van der Waals surface area contributed by atoms with Crippen LogP contribution >= 0.6 is 0 Å². The van der Waals surface area contributed by atoms with E-state index in [9.17, 15) is 0 Å². The second kappa shape index (κ2) is 9.97. The third-order valence-electron chi connectivity index (χ3n) is 4.93. The lowest BCUT2D eigenvalue weighted by atomic mass is 10.0. The molecule has 27 heavy (non-hydrogen) atoms. The number of hydrogen-bond acceptors (Lipinski definition) is 1. The van der Waals surface area contributed by atoms with Crippen molar-refractivity contribution in [3.8, 4) is 16.9 Å². The molecule has 0 heterocycles. The van der Waals surface area contributed by atoms with E-state index in [2.05, 4.69) is 86.6 Å². The maximum atomic E-state index is 5.95. The van der Waals surface area contributed by atoms with Gasteiger partial charge in [0.05, 0.1) is 0 Å². The Bertz CT molecular complexity index is 798. The smallest absolute Gasteiger partial charge is 0.119 e. The highest BCUT2D eigenvalue weighted by Crippen LogP contribution is 2.23. The molecule has 140 valence electrons. The standard InChI is InChI=1S/C26H30O/c1-3-5-7-22-8-10-23(11-9-22)20-27-26-18-16-25(17-19-26)24-14-12-21(6-4-2)13-15-24/h8-19H,3-7,20H2,1-2H3. The van der Waals surface area contributed by atoms with Crippen molar-refractivity contribution in [2.75, 3.05) is 0 Å². The molecule has 0 spiro atoms. The van der Waals surface area contributed by atoms with Crippen LogP contribution in [0, 0.1) is 0 Å². The first kappa shape index (κ1) is 19.2. The highest BCUT2D eigenvalue weighted by molar-refractivity contribution is 5.64. The molecule has 0 saturated carbocycles. The van der Waals surface area contributed by atoms with Crippen molar-refractivity contribution in [3.63, 3.8) is 0 Å². The maximum Gasteiger partial charge on any atom is 0.119 e. The predicted octanol–water partition coefficient (Wildman–Crippen LogP) is 7.23. The minimum atomic E-state index is 0.610. The first-order chi connectivity index (χ1) is 13.3. The summed E-state index contributed by atoms with van der Waals surface area (Å²) in [6.07, 6.45) is 5.99. The summed E-state index contributed by atoms with van der Waals surface area (Å²) in [6, 6.07) is 26.1. The highest BCUT2D eigenvalue weighted by atomic mass is 16.5. The molecule has 0 radical (unpaired) electrons. The fourth-order valence-corrected chi connectivity index (χ4v) is 3.25. The number of hydrogen-bond donors (Lipinski definition) is 0. The molecule has 0 aromatic heterocycles. The van der Waals surface area contributed by atoms with Gasteiger partial charge in [-0.1, -0.05) is 87.4 Å². The van der Waals surface area contributed by atoms with Crippen molar-refractivity contribution in [2.45, 2.75) is 52.6 Å². The largest absolute Gasteiger partial charge is 0.489 e. The number of aryl methyl sites for hydroxylation is 2. The van der Waals surface area contributed by atoms with Crippen LogP contribution in [0.15, 0.2) is 72.8 Å². The van der Waals surface area contributed by atoms with Crippen LogP contribution in [0.1, 0.15) is 49.8 Å². The summed E-state index contributed by atoms with van der Waals surface area (Å²) in [4.78, 5) is 0. The lowest BCUT2D eigenvalue weighted by Crippen LogP contribution is -1.96. The first-order valence-electron chi connectivity index (χ1n) is 10.2. The third-order valence-corrected chi connectivity index (χ3v) is 4.93. The molecule has 0 aliphatic heterocycles. The molecular weight excluding hydrogens is 328 g/mol. The molecule has 0 bridgehead atoms. The van der Waals surface area contributed by atoms with Crippen molar-refractivity contribution < 1.29 is 4.74 Å². The molecule has 0 saturated heterocycles. The van der Waals surface area contributed by atoms with Gasteiger partial charge in [-0.05, 0) is 59.2 Å². The first-order valence-corrected chi connectivity index (χ1v) is 10.2. The minimum Gasteiger partial charge on any atom is -0.489 e. The molecular formula is C26H30O. The van der Waals surface area contributed by atoms with Crippen LogP contribution in [-0.4, -0.2) is 0 Å². The van der Waals surface area contributed by atoms with E-state index in [1.54, 1.807) is 0 Å². The second-order valence-corrected chi connectivity index (χ2v) is 7.18. The summed E-state index contributed by atoms with van der Waals surface area (Å²) in [5.74, 6) is 0.913. The summed E-state index contributed by atoms with van der Waals surface area (Å²) in [6.45, 7) is 5.06. The van der Waals surface area contributed by atoms with Crippen LogP contribution < -0.4 is 4.74 Å². The number of ether oxygens (including phenoxy) is 1. The predicted molar refractivity (Wildman–Crippen MR) is 115 cm³/mol. The van der Waals surface area contributed by atoms with Crippen molar-refractivity contribution in [1.82, 2.24) is 0 Å². The Hall–Kier alpha value is -2.54. The zero-order valence-electron chi connectivity index (χ0n) is 16.6. The van der Waals surface area contributed by atoms with Gasteiger partial charge in [-0.2, -0.15) is 0 Å². The van der Waals surface area contributed by atoms with E-state index in [1.807, 2.05) is 0 Å². The van der Waals surface area contributed by atoms with Gasteiger partial charge in [0.25, 0.3) is 0 Å². The number of unbranched alkanes of at least 4 members (excludes halogenated alkanes) is 1. The van der Waals surface area contributed by atoms with Crippen LogP contribution in [0.4, 0.5) is 0 Å². The van der Waals surface area contributed by atoms with Crippen LogP contribution in [0.3, 0.4) is 0 Å². The van der Waals surface area contributed by atoms with E-state index in [1.165, 1.54) is 53.5 Å². The summed E-state index contributed by atoms with van der Waals surface area (Å²) in [5.41, 5.74) is 6.51. The van der Waals surface area contributed by atoms with Gasteiger partial charge in [0, 0.05) is 0 Å². The van der Waals surface area contributed by atoms with E-state index < -0.39 is 0 Å². The Kier molecular flexibility index (Phi) is 7.10. The fourth-order valence-electron chi connectivity index (χ4n) is 3.25. The molecule has 0 fully saturated rings. The molecule has 0 amide bonds. The number of rotatable bonds is 9. The van der Waals surface area contributed by atoms with Gasteiger partial charge >= 0.3 is 0 Å². The van der Waals surface area contributed by atoms with E-state index >= 15 is 0 Å². The van der Waals surface area contributed by atoms with Gasteiger partial charge in [-0.3, -0.25) is 0 Å². The van der Waals surface area contributed by atoms with Gasteiger partial charge in [0.15, 0.2) is 0 Å². The molecule has 0 aliphatic carbocycles. The number of benzene rings is 3. The highest BCUT2D eigenvalue weighted by Gasteiger charge is 2.01. The molecule has 0 unspecified atom stereocenters. The Balaban J connectivity index is 1.55. The summed E-state index contributed by atoms with van der Waals surface area (Å²) in [7, 11) is 0. The SMILES string of the molecule is CCCCc1ccc(COc2ccc(-c3ccc(CCC)cc3)cc2)cc1. The topological polar surface area (TPSA) is 9.23 Å². The van der Waals surface area contributed by atoms with Gasteiger partial charge in [-0.25, -0.2) is 0 Å². The third kappa shape index (κ3) is 5.72. The molecule has 3 rings (SSSR count). The average Bonchev–Trinajstić information content (AvgIpc) is 2.73. The molecule has 1 nitrogen and oxygen atoms in total. The quantitative estimate of drug-likeness (QED) is 0.392. The monoisotopic (exact) mass is 358 g/mol. The van der Waals surface area contributed by atoms with Crippen LogP contribution in [0.25, 0.3) is 11.1 Å². The van der Waals surface area contributed by atoms with Gasteiger partial charge in [0.1, 0.15) is 12.4 Å².